The molecule has 1 aliphatic rings. The minimum absolute atomic E-state index is 0.0384. The van der Waals surface area contributed by atoms with E-state index >= 15 is 0 Å². The van der Waals surface area contributed by atoms with E-state index in [1.54, 1.807) is 35.2 Å². The zero-order valence-corrected chi connectivity index (χ0v) is 35.1. The number of ether oxygens (including phenoxy) is 1. The number of nitrogens with one attached hydrogen (secondary N) is 1. The summed E-state index contributed by atoms with van der Waals surface area (Å²) in [6, 6.07) is 8.89. The van der Waals surface area contributed by atoms with Crippen LogP contribution >= 0.6 is 0 Å². The molecule has 4 rings (SSSR count). The van der Waals surface area contributed by atoms with Gasteiger partial charge >= 0.3 is 17.1 Å². The predicted molar refractivity (Wildman–Crippen MR) is 203 cm³/mol. The Morgan fingerprint density at radius 2 is 1.52 bits per heavy atom. The van der Waals surface area contributed by atoms with Gasteiger partial charge in [-0.1, -0.05) is 94.4 Å². The lowest BCUT2D eigenvalue weighted by Gasteiger charge is -2.48. The summed E-state index contributed by atoms with van der Waals surface area (Å²) in [5.74, 6) is -0.0554. The van der Waals surface area contributed by atoms with Crippen LogP contribution in [-0.2, 0) is 17.7 Å². The van der Waals surface area contributed by atoms with E-state index in [1.165, 1.54) is 6.33 Å². The largest absolute Gasteiger partial charge is 0.414 e. The molecule has 0 unspecified atom stereocenters. The fourth-order valence-electron chi connectivity index (χ4n) is 6.33. The fraction of sp³-hybridized carbons (Fsp3) is 0.657. The normalized spacial score (nSPS) is 20.9. The van der Waals surface area contributed by atoms with Gasteiger partial charge in [0.15, 0.2) is 31.5 Å². The Kier molecular flexibility index (Phi) is 12.4. The van der Waals surface area contributed by atoms with Crippen LogP contribution in [0.2, 0.25) is 40.3 Å². The average Bonchev–Trinajstić information content (AvgIpc) is 3.61. The van der Waals surface area contributed by atoms with Gasteiger partial charge in [-0.3, -0.25) is 9.36 Å². The summed E-state index contributed by atoms with van der Waals surface area (Å²) in [6.07, 6.45) is 0.00168. The zero-order valence-electron chi connectivity index (χ0n) is 32.1. The second-order valence-corrected chi connectivity index (χ2v) is 29.6. The number of imidazole rings is 1. The number of nitrogens with zero attached hydrogens (tertiary/aromatic N) is 4. The first-order valence-corrected chi connectivity index (χ1v) is 24.7. The Bertz CT molecular complexity index is 1580. The van der Waals surface area contributed by atoms with Gasteiger partial charge in [0.1, 0.15) is 24.6 Å². The molecule has 50 heavy (non-hydrogen) atoms. The summed E-state index contributed by atoms with van der Waals surface area (Å²) in [6.45, 7) is 27.0. The Morgan fingerprint density at radius 1 is 0.920 bits per heavy atom. The number of anilines is 1. The zero-order chi connectivity index (χ0) is 37.4. The van der Waals surface area contributed by atoms with Gasteiger partial charge in [-0.15, -0.1) is 0 Å². The van der Waals surface area contributed by atoms with Crippen molar-refractivity contribution in [2.24, 2.45) is 0 Å². The first-order valence-electron chi connectivity index (χ1n) is 17.8. The number of carbonyl (C=O) groups is 1. The summed E-state index contributed by atoms with van der Waals surface area (Å²) >= 11 is 0. The Morgan fingerprint density at radius 3 is 2.04 bits per heavy atom. The van der Waals surface area contributed by atoms with Crippen molar-refractivity contribution in [2.45, 2.75) is 141 Å². The highest BCUT2D eigenvalue weighted by Gasteiger charge is 2.60. The molecule has 1 amide bonds. The molecule has 1 aliphatic heterocycles. The van der Waals surface area contributed by atoms with Gasteiger partial charge in [0.25, 0.3) is 5.91 Å². The molecule has 4 atom stereocenters. The van der Waals surface area contributed by atoms with Crippen molar-refractivity contribution >= 4 is 48.3 Å². The van der Waals surface area contributed by atoms with E-state index < -0.39 is 50.0 Å². The molecule has 2 aromatic heterocycles. The van der Waals surface area contributed by atoms with E-state index in [-0.39, 0.29) is 45.5 Å². The van der Waals surface area contributed by atoms with Gasteiger partial charge < -0.3 is 32.9 Å². The number of fused-ring (bicyclic) bond motifs is 1. The van der Waals surface area contributed by atoms with Crippen molar-refractivity contribution in [2.75, 3.05) is 11.9 Å². The Labute approximate surface area is 301 Å². The van der Waals surface area contributed by atoms with E-state index in [0.29, 0.717) is 16.7 Å². The van der Waals surface area contributed by atoms with Crippen LogP contribution in [0.1, 0.15) is 92.7 Å². The van der Waals surface area contributed by atoms with Crippen LogP contribution in [0.15, 0.2) is 43.0 Å². The Hall–Kier alpha value is -2.35. The third-order valence-electron chi connectivity index (χ3n) is 10.5. The van der Waals surface area contributed by atoms with E-state index in [0.717, 1.165) is 0 Å². The average molecular weight is 746 g/mol. The van der Waals surface area contributed by atoms with Crippen molar-refractivity contribution in [3.05, 3.63) is 48.5 Å². The number of benzene rings is 1. The van der Waals surface area contributed by atoms with Gasteiger partial charge in [0, 0.05) is 5.56 Å². The molecule has 0 radical (unpaired) electrons. The summed E-state index contributed by atoms with van der Waals surface area (Å²) in [7, 11) is -9.04. The predicted octanol–water partition coefficient (Wildman–Crippen LogP) is 7.28. The van der Waals surface area contributed by atoms with Gasteiger partial charge in [-0.25, -0.2) is 15.0 Å². The molecule has 1 saturated heterocycles. The van der Waals surface area contributed by atoms with Crippen molar-refractivity contribution in [3.8, 4) is 0 Å². The van der Waals surface area contributed by atoms with Crippen molar-refractivity contribution in [1.29, 1.82) is 0 Å². The number of aliphatic hydroxyl groups excluding tert-OH is 1. The van der Waals surface area contributed by atoms with Crippen LogP contribution in [0.25, 0.3) is 11.2 Å². The van der Waals surface area contributed by atoms with Crippen LogP contribution in [-0.4, -0.2) is 85.7 Å². The van der Waals surface area contributed by atoms with E-state index in [2.05, 4.69) is 81.8 Å². The molecule has 1 fully saturated rings. The number of rotatable bonds is 14. The van der Waals surface area contributed by atoms with Crippen molar-refractivity contribution in [3.63, 3.8) is 0 Å². The summed E-state index contributed by atoms with van der Waals surface area (Å²) in [4.78, 5) is 38.8. The highest BCUT2D eigenvalue weighted by molar-refractivity contribution is 6.83. The summed E-state index contributed by atoms with van der Waals surface area (Å²) in [5, 5.41) is 13.6. The molecule has 278 valence electrons. The van der Waals surface area contributed by atoms with Gasteiger partial charge in [0.2, 0.25) is 0 Å². The molecule has 3 heterocycles. The van der Waals surface area contributed by atoms with Crippen molar-refractivity contribution < 1.29 is 32.4 Å². The van der Waals surface area contributed by atoms with E-state index in [4.69, 9.17) is 17.7 Å². The van der Waals surface area contributed by atoms with Crippen LogP contribution in [0.4, 0.5) is 5.82 Å². The quantitative estimate of drug-likeness (QED) is 0.144. The van der Waals surface area contributed by atoms with Crippen LogP contribution in [0, 0.1) is 0 Å². The van der Waals surface area contributed by atoms with E-state index in [9.17, 15) is 14.7 Å². The first-order chi connectivity index (χ1) is 23.2. The number of aliphatic hydroxyl groups is 1. The maximum atomic E-state index is 13.1. The molecule has 0 aliphatic carbocycles. The molecule has 0 bridgehead atoms. The lowest BCUT2D eigenvalue weighted by atomic mass is 10.1. The summed E-state index contributed by atoms with van der Waals surface area (Å²) < 4.78 is 30.1. The maximum Gasteiger partial charge on any atom is 0.335 e. The molecule has 0 spiro atoms. The van der Waals surface area contributed by atoms with E-state index in [1.807, 2.05) is 33.8 Å². The highest BCUT2D eigenvalue weighted by atomic mass is 28.5. The van der Waals surface area contributed by atoms with Gasteiger partial charge in [-0.05, 0) is 52.4 Å². The molecular weight excluding hydrogens is 687 g/mol. The smallest absolute Gasteiger partial charge is 0.335 e. The molecule has 1 aromatic carbocycles. The highest BCUT2D eigenvalue weighted by Crippen LogP contribution is 2.48. The molecule has 15 heteroatoms. The van der Waals surface area contributed by atoms with Crippen LogP contribution < -0.4 is 5.32 Å². The van der Waals surface area contributed by atoms with Gasteiger partial charge in [-0.2, -0.15) is 0 Å². The fourth-order valence-corrected chi connectivity index (χ4v) is 17.5. The Balaban J connectivity index is 1.84. The topological polar surface area (TPSA) is 150 Å². The van der Waals surface area contributed by atoms with Crippen LogP contribution in [0.3, 0.4) is 0 Å². The third kappa shape index (κ3) is 7.85. The molecule has 12 nitrogen and oxygen atoms in total. The lowest BCUT2D eigenvalue weighted by molar-refractivity contribution is -0.0500. The number of aromatic nitrogens is 4. The third-order valence-corrected chi connectivity index (χ3v) is 24.7. The summed E-state index contributed by atoms with van der Waals surface area (Å²) in [5.41, 5.74) is 1.10. The van der Waals surface area contributed by atoms with Crippen LogP contribution in [0.5, 0.6) is 0 Å². The number of carbonyl (C=O) groups excluding carboxylic acids is 1. The molecule has 3 aromatic rings. The monoisotopic (exact) mass is 745 g/mol. The number of amides is 1. The molecule has 0 saturated carbocycles. The second kappa shape index (κ2) is 15.3. The molecule has 3 N–H and O–H groups in total. The standard InChI is InChI=1S/C35H59N5O7Si3/c1-22(2)49(43,23(3)4)47-50(24(5)6,25(7)8)46-29-27(19-41)44-34(30(29)45-48(12,13)35(9,10)11)40-21-38-28-31(36-20-37-32(28)40)39-33(42)26-17-15-14-16-18-26/h14-18,20-25,27,29-30,34,41,43H,19H2,1-13H3,(H,36,37,39,42)/t27-,29-,30-,34-/m1/s1. The minimum Gasteiger partial charge on any atom is -0.414 e. The first kappa shape index (κ1) is 40.4. The second-order valence-electron chi connectivity index (χ2n) is 16.2. The maximum absolute atomic E-state index is 13.1. The SMILES string of the molecule is CC(C)[Si](O)(O[Si](O[C@H]1[C@@H](O[Si](C)(C)C(C)(C)C)[C@H](n2cnc3c(NC(=O)c4ccccc4)ncnc32)O[C@@H]1CO)(C(C)C)C(C)C)C(C)C. The minimum atomic E-state index is -3.28. The molecular formula is C35H59N5O7Si3. The van der Waals surface area contributed by atoms with Gasteiger partial charge in [0.05, 0.1) is 12.9 Å². The van der Waals surface area contributed by atoms with Crippen molar-refractivity contribution in [1.82, 2.24) is 19.5 Å². The lowest BCUT2D eigenvalue weighted by Crippen LogP contribution is -2.63. The number of hydrogen-bond acceptors (Lipinski definition) is 10. The number of hydrogen-bond donors (Lipinski definition) is 3.